The van der Waals surface area contributed by atoms with Gasteiger partial charge in [-0.2, -0.15) is 13.2 Å². The number of carbonyl (C=O) groups is 1. The molecule has 0 aliphatic carbocycles. The lowest BCUT2D eigenvalue weighted by Crippen LogP contribution is -2.21. The highest BCUT2D eigenvalue weighted by molar-refractivity contribution is 5.89. The highest BCUT2D eigenvalue weighted by Crippen LogP contribution is 2.24. The van der Waals surface area contributed by atoms with Crippen molar-refractivity contribution >= 4 is 5.97 Å². The number of esters is 1. The van der Waals surface area contributed by atoms with Gasteiger partial charge in [-0.3, -0.25) is 0 Å². The third kappa shape index (κ3) is 4.86. The molecule has 0 saturated heterocycles. The number of unbranched alkanes of at least 4 members (excludes halogenated alkanes) is 1. The van der Waals surface area contributed by atoms with Gasteiger partial charge in [0.05, 0.1) is 6.61 Å². The molecule has 0 aromatic rings. The van der Waals surface area contributed by atoms with Crippen molar-refractivity contribution in [2.24, 2.45) is 0 Å². The zero-order valence-electron chi connectivity index (χ0n) is 7.43. The molecule has 0 bridgehead atoms. The van der Waals surface area contributed by atoms with E-state index in [0.29, 0.717) is 12.8 Å². The summed E-state index contributed by atoms with van der Waals surface area (Å²) in [6.07, 6.45) is -4.03. The lowest BCUT2D eigenvalue weighted by atomic mass is 10.3. The second kappa shape index (κ2) is 5.64. The quantitative estimate of drug-likeness (QED) is 0.426. The van der Waals surface area contributed by atoms with Crippen LogP contribution in [0.4, 0.5) is 13.2 Å². The van der Waals surface area contributed by atoms with Crippen molar-refractivity contribution in [3.8, 4) is 0 Å². The summed E-state index contributed by atoms with van der Waals surface area (Å²) < 4.78 is 39.8. The molecule has 0 fully saturated rings. The second-order valence-corrected chi connectivity index (χ2v) is 2.54. The maximum atomic E-state index is 11.8. The van der Waals surface area contributed by atoms with Crippen molar-refractivity contribution < 1.29 is 27.8 Å². The van der Waals surface area contributed by atoms with Gasteiger partial charge < -0.3 is 9.84 Å². The van der Waals surface area contributed by atoms with Crippen LogP contribution in [-0.2, 0) is 9.53 Å². The van der Waals surface area contributed by atoms with Crippen molar-refractivity contribution in [2.45, 2.75) is 19.0 Å². The number of rotatable bonds is 5. The first kappa shape index (κ1) is 13.0. The predicted octanol–water partition coefficient (Wildman–Crippen LogP) is 1.42. The highest BCUT2D eigenvalue weighted by atomic mass is 19.4. The fourth-order valence-corrected chi connectivity index (χ4v) is 0.582. The van der Waals surface area contributed by atoms with Gasteiger partial charge in [0.15, 0.2) is 0 Å². The van der Waals surface area contributed by atoms with Crippen LogP contribution in [0.25, 0.3) is 0 Å². The van der Waals surface area contributed by atoms with E-state index >= 15 is 0 Å². The van der Waals surface area contributed by atoms with Crippen molar-refractivity contribution in [2.75, 3.05) is 13.2 Å². The van der Waals surface area contributed by atoms with Crippen LogP contribution < -0.4 is 0 Å². The average molecular weight is 212 g/mol. The largest absolute Gasteiger partial charge is 0.462 e. The predicted molar refractivity (Wildman–Crippen MR) is 42.5 cm³/mol. The zero-order chi connectivity index (χ0) is 11.2. The molecular formula is C8H11F3O3. The molecule has 0 aromatic heterocycles. The first-order valence-corrected chi connectivity index (χ1v) is 3.93. The average Bonchev–Trinajstić information content (AvgIpc) is 2.09. The molecule has 1 N–H and O–H groups in total. The second-order valence-electron chi connectivity index (χ2n) is 2.54. The number of aliphatic hydroxyl groups excluding tert-OH is 1. The van der Waals surface area contributed by atoms with E-state index in [1.54, 1.807) is 0 Å². The monoisotopic (exact) mass is 212 g/mol. The first-order chi connectivity index (χ1) is 6.39. The van der Waals surface area contributed by atoms with E-state index in [1.807, 2.05) is 0 Å². The summed E-state index contributed by atoms with van der Waals surface area (Å²) in [5.74, 6) is -1.46. The Labute approximate surface area is 79.2 Å². The Bertz CT molecular complexity index is 210. The van der Waals surface area contributed by atoms with Gasteiger partial charge in [0.25, 0.3) is 0 Å². The molecule has 0 spiro atoms. The van der Waals surface area contributed by atoms with Crippen LogP contribution in [0.1, 0.15) is 12.8 Å². The SMILES string of the molecule is C=C(C(=O)OCCCCO)C(F)(F)F. The molecule has 3 nitrogen and oxygen atoms in total. The van der Waals surface area contributed by atoms with Crippen LogP contribution in [-0.4, -0.2) is 30.5 Å². The first-order valence-electron chi connectivity index (χ1n) is 3.93. The van der Waals surface area contributed by atoms with Crippen molar-refractivity contribution in [3.63, 3.8) is 0 Å². The van der Waals surface area contributed by atoms with Crippen LogP contribution in [0.3, 0.4) is 0 Å². The Morgan fingerprint density at radius 1 is 1.36 bits per heavy atom. The van der Waals surface area contributed by atoms with Gasteiger partial charge in [-0.15, -0.1) is 0 Å². The zero-order valence-corrected chi connectivity index (χ0v) is 7.43. The summed E-state index contributed by atoms with van der Waals surface area (Å²) in [5.41, 5.74) is -1.51. The smallest absolute Gasteiger partial charge is 0.422 e. The number of hydrogen-bond donors (Lipinski definition) is 1. The highest BCUT2D eigenvalue weighted by Gasteiger charge is 2.37. The third-order valence-corrected chi connectivity index (χ3v) is 1.37. The van der Waals surface area contributed by atoms with Crippen LogP contribution >= 0.6 is 0 Å². The van der Waals surface area contributed by atoms with Crippen molar-refractivity contribution in [3.05, 3.63) is 12.2 Å². The van der Waals surface area contributed by atoms with Crippen LogP contribution in [0.15, 0.2) is 12.2 Å². The van der Waals surface area contributed by atoms with Crippen molar-refractivity contribution in [1.29, 1.82) is 0 Å². The molecule has 14 heavy (non-hydrogen) atoms. The minimum Gasteiger partial charge on any atom is -0.462 e. The maximum Gasteiger partial charge on any atom is 0.422 e. The van der Waals surface area contributed by atoms with Gasteiger partial charge in [0.1, 0.15) is 5.57 Å². The Morgan fingerprint density at radius 3 is 2.36 bits per heavy atom. The van der Waals surface area contributed by atoms with Crippen molar-refractivity contribution in [1.82, 2.24) is 0 Å². The van der Waals surface area contributed by atoms with Gasteiger partial charge in [-0.05, 0) is 12.8 Å². The Kier molecular flexibility index (Phi) is 5.22. The van der Waals surface area contributed by atoms with Crippen LogP contribution in [0, 0.1) is 0 Å². The van der Waals surface area contributed by atoms with E-state index in [0.717, 1.165) is 0 Å². The number of halogens is 3. The van der Waals surface area contributed by atoms with E-state index in [1.165, 1.54) is 0 Å². The third-order valence-electron chi connectivity index (χ3n) is 1.37. The molecule has 0 rings (SSSR count). The molecule has 0 heterocycles. The van der Waals surface area contributed by atoms with Crippen LogP contribution in [0.2, 0.25) is 0 Å². The summed E-state index contributed by atoms with van der Waals surface area (Å²) in [5, 5.41) is 8.33. The van der Waals surface area contributed by atoms with Crippen LogP contribution in [0.5, 0.6) is 0 Å². The fourth-order valence-electron chi connectivity index (χ4n) is 0.582. The molecule has 0 unspecified atom stereocenters. The summed E-state index contributed by atoms with van der Waals surface area (Å²) in [4.78, 5) is 10.6. The van der Waals surface area contributed by atoms with E-state index < -0.39 is 17.7 Å². The molecule has 82 valence electrons. The number of ether oxygens (including phenoxy) is 1. The molecule has 0 saturated carbocycles. The lowest BCUT2D eigenvalue weighted by Gasteiger charge is -2.09. The van der Waals surface area contributed by atoms with E-state index in [9.17, 15) is 18.0 Å². The standard InChI is InChI=1S/C8H11F3O3/c1-6(8(9,10)11)7(13)14-5-3-2-4-12/h12H,1-5H2. The summed E-state index contributed by atoms with van der Waals surface area (Å²) in [7, 11) is 0. The molecular weight excluding hydrogens is 201 g/mol. The number of carbonyl (C=O) groups excluding carboxylic acids is 1. The minimum atomic E-state index is -4.74. The minimum absolute atomic E-state index is 0.0855. The summed E-state index contributed by atoms with van der Waals surface area (Å²) in [6, 6.07) is 0. The van der Waals surface area contributed by atoms with Gasteiger partial charge in [-0.25, -0.2) is 4.79 Å². The lowest BCUT2D eigenvalue weighted by molar-refractivity contribution is -0.150. The van der Waals surface area contributed by atoms with Gasteiger partial charge in [-0.1, -0.05) is 6.58 Å². The van der Waals surface area contributed by atoms with E-state index in [2.05, 4.69) is 11.3 Å². The summed E-state index contributed by atoms with van der Waals surface area (Å²) in [6.45, 7) is 2.35. The maximum absolute atomic E-state index is 11.8. The van der Waals surface area contributed by atoms with E-state index in [4.69, 9.17) is 5.11 Å². The molecule has 0 atom stereocenters. The normalized spacial score (nSPS) is 11.1. The fraction of sp³-hybridized carbons (Fsp3) is 0.625. The molecule has 0 amide bonds. The Morgan fingerprint density at radius 2 is 1.93 bits per heavy atom. The molecule has 0 aliphatic rings. The van der Waals surface area contributed by atoms with Gasteiger partial charge in [0.2, 0.25) is 0 Å². The number of hydrogen-bond acceptors (Lipinski definition) is 3. The molecule has 0 aliphatic heterocycles. The number of alkyl halides is 3. The topological polar surface area (TPSA) is 46.5 Å². The molecule has 0 radical (unpaired) electrons. The molecule has 0 aromatic carbocycles. The van der Waals surface area contributed by atoms with Gasteiger partial charge >= 0.3 is 12.1 Å². The van der Waals surface area contributed by atoms with Gasteiger partial charge in [0, 0.05) is 6.61 Å². The summed E-state index contributed by atoms with van der Waals surface area (Å²) >= 11 is 0. The Hall–Kier alpha value is -1.04. The van der Waals surface area contributed by atoms with E-state index in [-0.39, 0.29) is 13.2 Å². The number of aliphatic hydroxyl groups is 1. The Balaban J connectivity index is 3.81. The molecule has 6 heteroatoms.